The van der Waals surface area contributed by atoms with Gasteiger partial charge >= 0.3 is 12.2 Å². The van der Waals surface area contributed by atoms with Gasteiger partial charge in [-0.25, -0.2) is 4.79 Å². The largest absolute Gasteiger partial charge is 0.496 e. The van der Waals surface area contributed by atoms with Crippen LogP contribution in [0.4, 0.5) is 29.5 Å². The molecule has 2 amide bonds. The van der Waals surface area contributed by atoms with E-state index < -0.39 is 23.5 Å². The molecule has 130 valence electrons. The fourth-order valence-electron chi connectivity index (χ4n) is 1.91. The van der Waals surface area contributed by atoms with Crippen LogP contribution in [0, 0.1) is 6.92 Å². The van der Waals surface area contributed by atoms with Gasteiger partial charge in [0.1, 0.15) is 11.5 Å². The zero-order valence-electron chi connectivity index (χ0n) is 12.9. The quantitative estimate of drug-likeness (QED) is 0.883. The maximum absolute atomic E-state index is 13.1. The number of halogens is 3. The Hall–Kier alpha value is -2.91. The normalized spacial score (nSPS) is 11.1. The molecule has 10 heteroatoms. The summed E-state index contributed by atoms with van der Waals surface area (Å²) in [5.74, 6) is -0.367. The van der Waals surface area contributed by atoms with Gasteiger partial charge < -0.3 is 19.3 Å². The van der Waals surface area contributed by atoms with Gasteiger partial charge in [-0.3, -0.25) is 5.32 Å². The second kappa shape index (κ2) is 6.69. The average molecular weight is 345 g/mol. The number of urea groups is 1. The lowest BCUT2D eigenvalue weighted by molar-refractivity contribution is -0.138. The summed E-state index contributed by atoms with van der Waals surface area (Å²) in [6.07, 6.45) is -4.66. The van der Waals surface area contributed by atoms with E-state index in [1.54, 1.807) is 6.92 Å². The number of carbonyl (C=O) groups excluding carboxylic acids is 1. The molecule has 0 aliphatic heterocycles. The number of carbonyl (C=O) groups is 1. The fraction of sp³-hybridized carbons (Fsp3) is 0.286. The number of rotatable bonds is 4. The summed E-state index contributed by atoms with van der Waals surface area (Å²) < 4.78 is 53.7. The first-order chi connectivity index (χ1) is 11.2. The second-order valence-electron chi connectivity index (χ2n) is 4.66. The van der Waals surface area contributed by atoms with Crippen molar-refractivity contribution in [3.63, 3.8) is 0 Å². The molecule has 2 rings (SSSR count). The van der Waals surface area contributed by atoms with Crippen molar-refractivity contribution in [3.05, 3.63) is 29.5 Å². The predicted molar refractivity (Wildman–Crippen MR) is 78.4 cm³/mol. The van der Waals surface area contributed by atoms with Gasteiger partial charge in [0.2, 0.25) is 5.88 Å². The van der Waals surface area contributed by atoms with Crippen molar-refractivity contribution >= 4 is 17.6 Å². The zero-order valence-corrected chi connectivity index (χ0v) is 12.9. The average Bonchev–Trinajstić information content (AvgIpc) is 2.90. The summed E-state index contributed by atoms with van der Waals surface area (Å²) >= 11 is 0. The van der Waals surface area contributed by atoms with E-state index in [1.807, 2.05) is 0 Å². The molecule has 0 saturated carbocycles. The smallest absolute Gasteiger partial charge is 0.420 e. The second-order valence-corrected chi connectivity index (χ2v) is 4.66. The van der Waals surface area contributed by atoms with Crippen molar-refractivity contribution in [3.8, 4) is 11.5 Å². The van der Waals surface area contributed by atoms with Crippen LogP contribution in [0.15, 0.2) is 22.7 Å². The van der Waals surface area contributed by atoms with Gasteiger partial charge in [0, 0.05) is 12.1 Å². The molecule has 1 heterocycles. The molecular formula is C14H14F3N3O4. The maximum Gasteiger partial charge on any atom is 0.420 e. The first-order valence-corrected chi connectivity index (χ1v) is 6.59. The number of ether oxygens (including phenoxy) is 2. The van der Waals surface area contributed by atoms with E-state index in [1.165, 1.54) is 13.2 Å². The monoisotopic (exact) mass is 345 g/mol. The van der Waals surface area contributed by atoms with Crippen molar-refractivity contribution < 1.29 is 32.0 Å². The van der Waals surface area contributed by atoms with Gasteiger partial charge in [0.15, 0.2) is 0 Å². The highest BCUT2D eigenvalue weighted by atomic mass is 19.4. The number of hydrogen-bond acceptors (Lipinski definition) is 5. The molecule has 0 saturated heterocycles. The first-order valence-electron chi connectivity index (χ1n) is 6.59. The molecule has 0 unspecified atom stereocenters. The Morgan fingerprint density at radius 1 is 1.12 bits per heavy atom. The standard InChI is InChI=1S/C14H14F3N3O4/c1-7-4-12(24-20-7)19-13(21)18-9-5-8(14(15,16)17)10(22-2)6-11(9)23-3/h4-6H,1-3H3,(H2,18,19,21). The molecule has 0 radical (unpaired) electrons. The molecule has 24 heavy (non-hydrogen) atoms. The lowest BCUT2D eigenvalue weighted by atomic mass is 10.1. The molecule has 1 aromatic heterocycles. The molecule has 0 spiro atoms. The third-order valence-electron chi connectivity index (χ3n) is 2.94. The van der Waals surface area contributed by atoms with Gasteiger partial charge in [-0.15, -0.1) is 0 Å². The van der Waals surface area contributed by atoms with Crippen molar-refractivity contribution in [2.45, 2.75) is 13.1 Å². The van der Waals surface area contributed by atoms with E-state index in [0.29, 0.717) is 5.69 Å². The number of benzene rings is 1. The number of alkyl halides is 3. The van der Waals surface area contributed by atoms with Crippen LogP contribution in [-0.4, -0.2) is 25.4 Å². The number of aromatic nitrogens is 1. The van der Waals surface area contributed by atoms with Crippen molar-refractivity contribution in [2.24, 2.45) is 0 Å². The SMILES string of the molecule is COc1cc(OC)c(C(F)(F)F)cc1NC(=O)Nc1cc(C)no1. The lowest BCUT2D eigenvalue weighted by Crippen LogP contribution is -2.20. The van der Waals surface area contributed by atoms with Crippen LogP contribution >= 0.6 is 0 Å². The lowest BCUT2D eigenvalue weighted by Gasteiger charge is -2.17. The van der Waals surface area contributed by atoms with Crippen molar-refractivity contribution in [1.29, 1.82) is 0 Å². The summed E-state index contributed by atoms with van der Waals surface area (Å²) in [5, 5.41) is 8.14. The number of anilines is 2. The summed E-state index contributed by atoms with van der Waals surface area (Å²) in [4.78, 5) is 11.9. The van der Waals surface area contributed by atoms with Gasteiger partial charge in [0.05, 0.1) is 31.2 Å². The highest BCUT2D eigenvalue weighted by Gasteiger charge is 2.35. The zero-order chi connectivity index (χ0) is 17.9. The van der Waals surface area contributed by atoms with E-state index in [4.69, 9.17) is 14.0 Å². The molecule has 0 aliphatic rings. The van der Waals surface area contributed by atoms with E-state index >= 15 is 0 Å². The van der Waals surface area contributed by atoms with Crippen LogP contribution < -0.4 is 20.1 Å². The maximum atomic E-state index is 13.1. The van der Waals surface area contributed by atoms with Crippen LogP contribution in [0.3, 0.4) is 0 Å². The van der Waals surface area contributed by atoms with E-state index in [2.05, 4.69) is 15.8 Å². The molecule has 7 nitrogen and oxygen atoms in total. The third kappa shape index (κ3) is 3.89. The Morgan fingerprint density at radius 2 is 1.79 bits per heavy atom. The van der Waals surface area contributed by atoms with Gasteiger partial charge in [-0.2, -0.15) is 13.2 Å². The summed E-state index contributed by atoms with van der Waals surface area (Å²) in [7, 11) is 2.36. The Bertz CT molecular complexity index is 743. The fourth-order valence-corrected chi connectivity index (χ4v) is 1.91. The van der Waals surface area contributed by atoms with Gasteiger partial charge in [-0.05, 0) is 13.0 Å². The number of methoxy groups -OCH3 is 2. The van der Waals surface area contributed by atoms with Crippen LogP contribution in [0.25, 0.3) is 0 Å². The molecule has 1 aromatic carbocycles. The summed E-state index contributed by atoms with van der Waals surface area (Å²) in [5.41, 5.74) is -0.692. The van der Waals surface area contributed by atoms with E-state index in [0.717, 1.165) is 19.2 Å². The van der Waals surface area contributed by atoms with Gasteiger partial charge in [0.25, 0.3) is 0 Å². The molecule has 2 N–H and O–H groups in total. The number of amides is 2. The Kier molecular flexibility index (Phi) is 4.86. The molecule has 0 fully saturated rings. The topological polar surface area (TPSA) is 85.6 Å². The molecule has 0 bridgehead atoms. The van der Waals surface area contributed by atoms with Gasteiger partial charge in [-0.1, -0.05) is 5.16 Å². The molecule has 2 aromatic rings. The summed E-state index contributed by atoms with van der Waals surface area (Å²) in [6.45, 7) is 1.65. The Morgan fingerprint density at radius 3 is 2.29 bits per heavy atom. The highest BCUT2D eigenvalue weighted by Crippen LogP contribution is 2.41. The number of aryl methyl sites for hydroxylation is 1. The van der Waals surface area contributed by atoms with E-state index in [9.17, 15) is 18.0 Å². The number of nitrogens with zero attached hydrogens (tertiary/aromatic N) is 1. The van der Waals surface area contributed by atoms with Crippen LogP contribution in [0.5, 0.6) is 11.5 Å². The first kappa shape index (κ1) is 17.4. The molecule has 0 aliphatic carbocycles. The number of hydrogen-bond donors (Lipinski definition) is 2. The summed E-state index contributed by atoms with van der Waals surface area (Å²) in [6, 6.07) is 2.40. The molecule has 0 atom stereocenters. The third-order valence-corrected chi connectivity index (χ3v) is 2.94. The van der Waals surface area contributed by atoms with Crippen molar-refractivity contribution in [1.82, 2.24) is 5.16 Å². The van der Waals surface area contributed by atoms with Crippen LogP contribution in [-0.2, 0) is 6.18 Å². The van der Waals surface area contributed by atoms with Crippen LogP contribution in [0.2, 0.25) is 0 Å². The minimum atomic E-state index is -4.66. The Balaban J connectivity index is 2.29. The minimum Gasteiger partial charge on any atom is -0.496 e. The molecular weight excluding hydrogens is 331 g/mol. The van der Waals surface area contributed by atoms with Crippen LogP contribution in [0.1, 0.15) is 11.3 Å². The predicted octanol–water partition coefficient (Wildman–Crippen LogP) is 3.66. The van der Waals surface area contributed by atoms with Crippen molar-refractivity contribution in [2.75, 3.05) is 24.9 Å². The highest BCUT2D eigenvalue weighted by molar-refractivity contribution is 6.00. The number of nitrogens with one attached hydrogen (secondary N) is 2. The minimum absolute atomic E-state index is 0.00347. The van der Waals surface area contributed by atoms with E-state index in [-0.39, 0.29) is 17.3 Å². The Labute approximate surface area is 134 Å².